The van der Waals surface area contributed by atoms with Crippen molar-refractivity contribution in [2.24, 2.45) is 0 Å². The smallest absolute Gasteiger partial charge is 0.355 e. The van der Waals surface area contributed by atoms with Gasteiger partial charge in [0.1, 0.15) is 0 Å². The molecule has 3 nitrogen and oxygen atoms in total. The van der Waals surface area contributed by atoms with E-state index in [4.69, 9.17) is 0 Å². The van der Waals surface area contributed by atoms with E-state index in [0.717, 1.165) is 30.2 Å². The molecule has 1 unspecified atom stereocenters. The van der Waals surface area contributed by atoms with Crippen LogP contribution in [0, 0.1) is 0 Å². The fourth-order valence-corrected chi connectivity index (χ4v) is 3.53. The van der Waals surface area contributed by atoms with Crippen LogP contribution in [0.15, 0.2) is 24.3 Å². The number of alkyl halides is 3. The Morgan fingerprint density at radius 3 is 2.60 bits per heavy atom. The average Bonchev–Trinajstić information content (AvgIpc) is 2.53. The molecular weight excluding hydrogens is 373 g/mol. The minimum atomic E-state index is -4.36. The van der Waals surface area contributed by atoms with E-state index in [1.54, 1.807) is 6.07 Å². The van der Waals surface area contributed by atoms with Gasteiger partial charge in [0.2, 0.25) is 5.91 Å². The van der Waals surface area contributed by atoms with Gasteiger partial charge in [-0.05, 0) is 11.6 Å². The van der Waals surface area contributed by atoms with Gasteiger partial charge in [0.15, 0.2) is 0 Å². The number of thioether (sulfide) groups is 1. The van der Waals surface area contributed by atoms with Crippen molar-refractivity contribution in [2.45, 2.75) is 37.9 Å². The van der Waals surface area contributed by atoms with Crippen molar-refractivity contribution >= 4 is 30.1 Å². The molecule has 1 fully saturated rings. The molecule has 25 heavy (non-hydrogen) atoms. The number of rotatable bonds is 5. The largest absolute Gasteiger partial charge is 0.416 e. The molecule has 1 atom stereocenters. The summed E-state index contributed by atoms with van der Waals surface area (Å²) in [5.74, 6) is 1.89. The predicted molar refractivity (Wildman–Crippen MR) is 98.5 cm³/mol. The van der Waals surface area contributed by atoms with E-state index in [9.17, 15) is 18.0 Å². The van der Waals surface area contributed by atoms with Gasteiger partial charge in [-0.3, -0.25) is 4.79 Å². The molecule has 0 radical (unpaired) electrons. The summed E-state index contributed by atoms with van der Waals surface area (Å²) < 4.78 is 38.6. The normalized spacial score (nSPS) is 18.4. The van der Waals surface area contributed by atoms with Crippen molar-refractivity contribution in [1.29, 1.82) is 0 Å². The maximum Gasteiger partial charge on any atom is 0.416 e. The topological polar surface area (TPSA) is 41.1 Å². The van der Waals surface area contributed by atoms with Crippen molar-refractivity contribution in [1.82, 2.24) is 10.6 Å². The Labute approximate surface area is 156 Å². The molecule has 1 amide bonds. The van der Waals surface area contributed by atoms with Gasteiger partial charge in [0.25, 0.3) is 0 Å². The second-order valence-corrected chi connectivity index (χ2v) is 7.82. The van der Waals surface area contributed by atoms with Gasteiger partial charge in [0, 0.05) is 42.5 Å². The molecule has 0 aromatic heterocycles. The first-order valence-corrected chi connectivity index (χ1v) is 9.09. The number of carbonyl (C=O) groups excluding carboxylic acids is 1. The van der Waals surface area contributed by atoms with Crippen LogP contribution in [0.4, 0.5) is 13.2 Å². The SMILES string of the molecule is CC(C)(CNC(=O)CC1CSCCN1)c1cccc(C(F)(F)F)c1.Cl. The molecule has 1 aliphatic rings. The first kappa shape index (κ1) is 22.1. The lowest BCUT2D eigenvalue weighted by Crippen LogP contribution is -2.43. The molecule has 0 bridgehead atoms. The summed E-state index contributed by atoms with van der Waals surface area (Å²) in [7, 11) is 0. The number of hydrogen-bond donors (Lipinski definition) is 2. The van der Waals surface area contributed by atoms with Crippen LogP contribution in [-0.2, 0) is 16.4 Å². The zero-order valence-electron chi connectivity index (χ0n) is 14.3. The Balaban J connectivity index is 0.00000312. The summed E-state index contributed by atoms with van der Waals surface area (Å²) in [5, 5.41) is 6.15. The van der Waals surface area contributed by atoms with Gasteiger partial charge >= 0.3 is 6.18 Å². The number of carbonyl (C=O) groups is 1. The lowest BCUT2D eigenvalue weighted by Gasteiger charge is -2.27. The van der Waals surface area contributed by atoms with E-state index < -0.39 is 17.2 Å². The number of benzene rings is 1. The zero-order valence-corrected chi connectivity index (χ0v) is 15.9. The molecule has 1 saturated heterocycles. The molecule has 1 aliphatic heterocycles. The fraction of sp³-hybridized carbons (Fsp3) is 0.588. The molecule has 142 valence electrons. The first-order valence-electron chi connectivity index (χ1n) is 7.94. The van der Waals surface area contributed by atoms with E-state index in [2.05, 4.69) is 10.6 Å². The van der Waals surface area contributed by atoms with Crippen LogP contribution in [0.3, 0.4) is 0 Å². The Bertz CT molecular complexity index is 575. The number of amides is 1. The summed E-state index contributed by atoms with van der Waals surface area (Å²) >= 11 is 1.82. The summed E-state index contributed by atoms with van der Waals surface area (Å²) in [6.45, 7) is 4.86. The standard InChI is InChI=1S/C17H23F3N2OS.ClH/c1-16(2,12-4-3-5-13(8-12)17(18,19)20)11-22-15(23)9-14-10-24-7-6-21-14;/h3-5,8,14,21H,6-7,9-11H2,1-2H3,(H,22,23);1H. The van der Waals surface area contributed by atoms with Crippen LogP contribution in [0.1, 0.15) is 31.4 Å². The molecular formula is C17H24ClF3N2OS. The molecule has 0 spiro atoms. The third-order valence-electron chi connectivity index (χ3n) is 4.13. The van der Waals surface area contributed by atoms with Gasteiger partial charge in [-0.1, -0.05) is 32.0 Å². The summed E-state index contributed by atoms with van der Waals surface area (Å²) in [5.41, 5.74) is -0.683. The number of halogens is 4. The highest BCUT2D eigenvalue weighted by Gasteiger charge is 2.32. The highest BCUT2D eigenvalue weighted by molar-refractivity contribution is 7.99. The van der Waals surface area contributed by atoms with Gasteiger partial charge in [-0.2, -0.15) is 24.9 Å². The second kappa shape index (κ2) is 9.14. The monoisotopic (exact) mass is 396 g/mol. The van der Waals surface area contributed by atoms with Gasteiger partial charge in [-0.25, -0.2) is 0 Å². The first-order chi connectivity index (χ1) is 11.2. The summed E-state index contributed by atoms with van der Waals surface area (Å²) in [6, 6.07) is 5.46. The van der Waals surface area contributed by atoms with Crippen molar-refractivity contribution in [3.05, 3.63) is 35.4 Å². The lowest BCUT2D eigenvalue weighted by molar-refractivity contribution is -0.137. The van der Waals surface area contributed by atoms with Crippen LogP contribution in [0.5, 0.6) is 0 Å². The number of hydrogen-bond acceptors (Lipinski definition) is 3. The molecule has 8 heteroatoms. The van der Waals surface area contributed by atoms with E-state index in [0.29, 0.717) is 18.5 Å². The van der Waals surface area contributed by atoms with Crippen LogP contribution in [-0.4, -0.2) is 36.5 Å². The minimum absolute atomic E-state index is 0. The molecule has 1 heterocycles. The maximum atomic E-state index is 12.9. The van der Waals surface area contributed by atoms with Crippen LogP contribution in [0.25, 0.3) is 0 Å². The molecule has 2 rings (SSSR count). The highest BCUT2D eigenvalue weighted by Crippen LogP contribution is 2.32. The Morgan fingerprint density at radius 2 is 2.00 bits per heavy atom. The fourth-order valence-electron chi connectivity index (χ4n) is 2.58. The highest BCUT2D eigenvalue weighted by atomic mass is 35.5. The van der Waals surface area contributed by atoms with Gasteiger partial charge < -0.3 is 10.6 Å². The second-order valence-electron chi connectivity index (χ2n) is 6.67. The van der Waals surface area contributed by atoms with E-state index >= 15 is 0 Å². The van der Waals surface area contributed by atoms with Crippen LogP contribution < -0.4 is 10.6 Å². The Hall–Kier alpha value is -0.920. The summed E-state index contributed by atoms with van der Waals surface area (Å²) in [6.07, 6.45) is -3.97. The quantitative estimate of drug-likeness (QED) is 0.798. The zero-order chi connectivity index (χ0) is 17.8. The van der Waals surface area contributed by atoms with Crippen molar-refractivity contribution in [2.75, 3.05) is 24.6 Å². The third kappa shape index (κ3) is 6.72. The Kier molecular flexibility index (Phi) is 8.09. The van der Waals surface area contributed by atoms with E-state index in [1.165, 1.54) is 6.07 Å². The van der Waals surface area contributed by atoms with Gasteiger partial charge in [-0.15, -0.1) is 12.4 Å². The lowest BCUT2D eigenvalue weighted by atomic mass is 9.83. The van der Waals surface area contributed by atoms with Gasteiger partial charge in [0.05, 0.1) is 5.56 Å². The minimum Gasteiger partial charge on any atom is -0.355 e. The molecule has 0 saturated carbocycles. The Morgan fingerprint density at radius 1 is 1.32 bits per heavy atom. The van der Waals surface area contributed by atoms with Crippen LogP contribution >= 0.6 is 24.2 Å². The predicted octanol–water partition coefficient (Wildman–Crippen LogP) is 3.62. The van der Waals surface area contributed by atoms with E-state index in [-0.39, 0.29) is 24.4 Å². The van der Waals surface area contributed by atoms with Crippen molar-refractivity contribution in [3.63, 3.8) is 0 Å². The maximum absolute atomic E-state index is 12.9. The third-order valence-corrected chi connectivity index (χ3v) is 5.26. The van der Waals surface area contributed by atoms with E-state index in [1.807, 2.05) is 25.6 Å². The molecule has 1 aromatic carbocycles. The van der Waals surface area contributed by atoms with Crippen LogP contribution in [0.2, 0.25) is 0 Å². The molecule has 1 aromatic rings. The number of nitrogens with one attached hydrogen (secondary N) is 2. The average molecular weight is 397 g/mol. The van der Waals surface area contributed by atoms with Crippen molar-refractivity contribution in [3.8, 4) is 0 Å². The van der Waals surface area contributed by atoms with Crippen molar-refractivity contribution < 1.29 is 18.0 Å². The molecule has 0 aliphatic carbocycles. The molecule has 2 N–H and O–H groups in total. The summed E-state index contributed by atoms with van der Waals surface area (Å²) in [4.78, 5) is 12.1.